The van der Waals surface area contributed by atoms with E-state index in [1.165, 1.54) is 19.3 Å². The van der Waals surface area contributed by atoms with Gasteiger partial charge in [-0.25, -0.2) is 4.98 Å². The summed E-state index contributed by atoms with van der Waals surface area (Å²) >= 11 is 0. The van der Waals surface area contributed by atoms with Crippen molar-refractivity contribution in [1.82, 2.24) is 9.97 Å². The molecule has 1 aromatic rings. The van der Waals surface area contributed by atoms with Crippen LogP contribution in [-0.2, 0) is 0 Å². The predicted octanol–water partition coefficient (Wildman–Crippen LogP) is 1.69. The monoisotopic (exact) mass is 206 g/mol. The van der Waals surface area contributed by atoms with Crippen molar-refractivity contribution in [2.45, 2.75) is 26.2 Å². The third kappa shape index (κ3) is 2.37. The van der Waals surface area contributed by atoms with E-state index in [-0.39, 0.29) is 0 Å². The highest BCUT2D eigenvalue weighted by molar-refractivity contribution is 5.37. The van der Waals surface area contributed by atoms with Crippen LogP contribution in [0.2, 0.25) is 0 Å². The molecule has 4 heteroatoms. The van der Waals surface area contributed by atoms with Gasteiger partial charge in [-0.2, -0.15) is 4.98 Å². The van der Waals surface area contributed by atoms with Crippen LogP contribution in [0.3, 0.4) is 0 Å². The lowest BCUT2D eigenvalue weighted by atomic mass is 9.95. The topological polar surface area (TPSA) is 55.0 Å². The molecule has 1 aromatic heterocycles. The molecular formula is C11H18N4. The lowest BCUT2D eigenvalue weighted by Crippen LogP contribution is -2.34. The molecule has 1 aliphatic rings. The predicted molar refractivity (Wildman–Crippen MR) is 61.7 cm³/mol. The molecule has 2 heterocycles. The van der Waals surface area contributed by atoms with E-state index < -0.39 is 0 Å². The Kier molecular flexibility index (Phi) is 3.04. The number of rotatable bonds is 2. The first kappa shape index (κ1) is 10.2. The van der Waals surface area contributed by atoms with E-state index in [1.54, 1.807) is 12.3 Å². The second kappa shape index (κ2) is 4.47. The van der Waals surface area contributed by atoms with Crippen LogP contribution in [0, 0.1) is 5.92 Å². The molecule has 4 nitrogen and oxygen atoms in total. The van der Waals surface area contributed by atoms with Crippen molar-refractivity contribution < 1.29 is 0 Å². The third-order valence-corrected chi connectivity index (χ3v) is 3.14. The number of piperidine rings is 1. The van der Waals surface area contributed by atoms with E-state index in [4.69, 9.17) is 5.73 Å². The van der Waals surface area contributed by atoms with Gasteiger partial charge >= 0.3 is 0 Å². The van der Waals surface area contributed by atoms with Crippen molar-refractivity contribution in [2.24, 2.45) is 5.92 Å². The highest BCUT2D eigenvalue weighted by Gasteiger charge is 2.19. The molecule has 0 amide bonds. The summed E-state index contributed by atoms with van der Waals surface area (Å²) in [6.45, 7) is 4.38. The first-order valence-corrected chi connectivity index (χ1v) is 5.63. The number of hydrogen-bond donors (Lipinski definition) is 1. The molecular weight excluding hydrogens is 188 g/mol. The summed E-state index contributed by atoms with van der Waals surface area (Å²) in [4.78, 5) is 10.7. The normalized spacial score (nSPS) is 18.1. The Bertz CT molecular complexity index is 318. The minimum Gasteiger partial charge on any atom is -0.384 e. The van der Waals surface area contributed by atoms with Gasteiger partial charge in [0.25, 0.3) is 0 Å². The van der Waals surface area contributed by atoms with Gasteiger partial charge in [-0.05, 0) is 24.8 Å². The molecule has 0 spiro atoms. The number of hydrogen-bond acceptors (Lipinski definition) is 4. The maximum Gasteiger partial charge on any atom is 0.227 e. The summed E-state index contributed by atoms with van der Waals surface area (Å²) in [6, 6.07) is 1.72. The molecule has 15 heavy (non-hydrogen) atoms. The van der Waals surface area contributed by atoms with Crippen LogP contribution in [0.4, 0.5) is 11.8 Å². The number of nitrogen functional groups attached to an aromatic ring is 1. The fraction of sp³-hybridized carbons (Fsp3) is 0.636. The number of anilines is 2. The largest absolute Gasteiger partial charge is 0.384 e. The maximum absolute atomic E-state index is 5.64. The van der Waals surface area contributed by atoms with Gasteiger partial charge in [0.05, 0.1) is 0 Å². The first-order valence-electron chi connectivity index (χ1n) is 5.63. The molecule has 0 radical (unpaired) electrons. The van der Waals surface area contributed by atoms with E-state index in [1.807, 2.05) is 0 Å². The van der Waals surface area contributed by atoms with E-state index in [2.05, 4.69) is 21.8 Å². The van der Waals surface area contributed by atoms with Crippen LogP contribution in [0.5, 0.6) is 0 Å². The average molecular weight is 206 g/mol. The SMILES string of the molecule is CCC1CCN(c2nccc(N)n2)CC1. The minimum atomic E-state index is 0.553. The summed E-state index contributed by atoms with van der Waals surface area (Å²) in [7, 11) is 0. The molecule has 1 aliphatic heterocycles. The fourth-order valence-corrected chi connectivity index (χ4v) is 2.06. The zero-order chi connectivity index (χ0) is 10.7. The third-order valence-electron chi connectivity index (χ3n) is 3.14. The van der Waals surface area contributed by atoms with Crippen molar-refractivity contribution in [1.29, 1.82) is 0 Å². The van der Waals surface area contributed by atoms with Crippen LogP contribution in [0.15, 0.2) is 12.3 Å². The van der Waals surface area contributed by atoms with Gasteiger partial charge in [-0.1, -0.05) is 13.3 Å². The Morgan fingerprint density at radius 2 is 2.20 bits per heavy atom. The van der Waals surface area contributed by atoms with Gasteiger partial charge in [0, 0.05) is 19.3 Å². The number of nitrogens with two attached hydrogens (primary N) is 1. The quantitative estimate of drug-likeness (QED) is 0.800. The Morgan fingerprint density at radius 1 is 1.47 bits per heavy atom. The molecule has 82 valence electrons. The fourth-order valence-electron chi connectivity index (χ4n) is 2.06. The highest BCUT2D eigenvalue weighted by Crippen LogP contribution is 2.22. The molecule has 2 N–H and O–H groups in total. The highest BCUT2D eigenvalue weighted by atomic mass is 15.3. The van der Waals surface area contributed by atoms with Gasteiger partial charge < -0.3 is 10.6 Å². The van der Waals surface area contributed by atoms with E-state index >= 15 is 0 Å². The van der Waals surface area contributed by atoms with Gasteiger partial charge in [-0.3, -0.25) is 0 Å². The van der Waals surface area contributed by atoms with Gasteiger partial charge in [0.15, 0.2) is 0 Å². The second-order valence-electron chi connectivity index (χ2n) is 4.12. The zero-order valence-electron chi connectivity index (χ0n) is 9.19. The van der Waals surface area contributed by atoms with Crippen molar-refractivity contribution in [3.63, 3.8) is 0 Å². The van der Waals surface area contributed by atoms with Crippen LogP contribution < -0.4 is 10.6 Å². The lowest BCUT2D eigenvalue weighted by Gasteiger charge is -2.31. The molecule has 1 fully saturated rings. The molecule has 0 aliphatic carbocycles. The van der Waals surface area contributed by atoms with Crippen LogP contribution in [0.1, 0.15) is 26.2 Å². The molecule has 0 aromatic carbocycles. The van der Waals surface area contributed by atoms with E-state index in [0.29, 0.717) is 5.82 Å². The van der Waals surface area contributed by atoms with Crippen LogP contribution in [0.25, 0.3) is 0 Å². The Balaban J connectivity index is 2.01. The van der Waals surface area contributed by atoms with Gasteiger partial charge in [-0.15, -0.1) is 0 Å². The van der Waals surface area contributed by atoms with Crippen molar-refractivity contribution >= 4 is 11.8 Å². The molecule has 0 saturated carbocycles. The maximum atomic E-state index is 5.64. The van der Waals surface area contributed by atoms with Gasteiger partial charge in [0.2, 0.25) is 5.95 Å². The summed E-state index contributed by atoms with van der Waals surface area (Å²) in [6.07, 6.45) is 5.50. The molecule has 2 rings (SSSR count). The molecule has 0 atom stereocenters. The first-order chi connectivity index (χ1) is 7.29. The lowest BCUT2D eigenvalue weighted by molar-refractivity contribution is 0.392. The number of nitrogens with zero attached hydrogens (tertiary/aromatic N) is 3. The summed E-state index contributed by atoms with van der Waals surface area (Å²) in [5.74, 6) is 2.21. The number of aromatic nitrogens is 2. The van der Waals surface area contributed by atoms with Crippen molar-refractivity contribution in [3.8, 4) is 0 Å². The Morgan fingerprint density at radius 3 is 2.80 bits per heavy atom. The Hall–Kier alpha value is -1.32. The van der Waals surface area contributed by atoms with Gasteiger partial charge in [0.1, 0.15) is 5.82 Å². The summed E-state index contributed by atoms with van der Waals surface area (Å²) in [5.41, 5.74) is 5.64. The van der Waals surface area contributed by atoms with Crippen LogP contribution in [-0.4, -0.2) is 23.1 Å². The van der Waals surface area contributed by atoms with Crippen molar-refractivity contribution in [3.05, 3.63) is 12.3 Å². The molecule has 1 saturated heterocycles. The smallest absolute Gasteiger partial charge is 0.227 e. The standard InChI is InChI=1S/C11H18N4/c1-2-9-4-7-15(8-5-9)11-13-6-3-10(12)14-11/h3,6,9H,2,4-5,7-8H2,1H3,(H2,12,13,14). The Labute approximate surface area is 90.5 Å². The molecule has 0 unspecified atom stereocenters. The summed E-state index contributed by atoms with van der Waals surface area (Å²) < 4.78 is 0. The molecule has 0 bridgehead atoms. The summed E-state index contributed by atoms with van der Waals surface area (Å²) in [5, 5.41) is 0. The second-order valence-corrected chi connectivity index (χ2v) is 4.12. The van der Waals surface area contributed by atoms with E-state index in [0.717, 1.165) is 25.0 Å². The average Bonchev–Trinajstić information content (AvgIpc) is 2.29. The minimum absolute atomic E-state index is 0.553. The van der Waals surface area contributed by atoms with Crippen LogP contribution >= 0.6 is 0 Å². The van der Waals surface area contributed by atoms with E-state index in [9.17, 15) is 0 Å². The van der Waals surface area contributed by atoms with Crippen molar-refractivity contribution in [2.75, 3.05) is 23.7 Å². The zero-order valence-corrected chi connectivity index (χ0v) is 9.19.